The van der Waals surface area contributed by atoms with E-state index in [9.17, 15) is 9.90 Å². The minimum Gasteiger partial charge on any atom is -0.394 e. The van der Waals surface area contributed by atoms with Crippen molar-refractivity contribution in [1.29, 1.82) is 0 Å². The quantitative estimate of drug-likeness (QED) is 0.574. The van der Waals surface area contributed by atoms with Gasteiger partial charge in [-0.1, -0.05) is 6.92 Å². The third kappa shape index (κ3) is 4.92. The van der Waals surface area contributed by atoms with Crippen LogP contribution in [0.1, 0.15) is 32.6 Å². The molecule has 1 fully saturated rings. The van der Waals surface area contributed by atoms with E-state index in [1.54, 1.807) is 7.11 Å². The van der Waals surface area contributed by atoms with Gasteiger partial charge >= 0.3 is 0 Å². The number of aliphatic hydroxyl groups is 1. The van der Waals surface area contributed by atoms with Gasteiger partial charge in [0, 0.05) is 13.7 Å². The lowest BCUT2D eigenvalue weighted by molar-refractivity contribution is -0.123. The van der Waals surface area contributed by atoms with Gasteiger partial charge in [0.25, 0.3) is 0 Å². The first-order valence-corrected chi connectivity index (χ1v) is 6.73. The van der Waals surface area contributed by atoms with Gasteiger partial charge in [0.1, 0.15) is 0 Å². The standard InChI is InChI=1S/C13H26N2O3/c1-11-3-5-13(10-16,6-4-11)15-12(17)9-14-7-8-18-2/h11,14,16H,3-10H2,1-2H3,(H,15,17). The fourth-order valence-electron chi connectivity index (χ4n) is 2.35. The topological polar surface area (TPSA) is 70.6 Å². The van der Waals surface area contributed by atoms with E-state index in [2.05, 4.69) is 17.6 Å². The van der Waals surface area contributed by atoms with E-state index in [1.807, 2.05) is 0 Å². The molecule has 5 nitrogen and oxygen atoms in total. The maximum atomic E-state index is 11.8. The smallest absolute Gasteiger partial charge is 0.234 e. The van der Waals surface area contributed by atoms with Crippen LogP contribution < -0.4 is 10.6 Å². The molecule has 1 amide bonds. The van der Waals surface area contributed by atoms with Crippen LogP contribution in [0.15, 0.2) is 0 Å². The largest absolute Gasteiger partial charge is 0.394 e. The number of hydrogen-bond acceptors (Lipinski definition) is 4. The molecule has 1 aliphatic rings. The minimum atomic E-state index is -0.396. The van der Waals surface area contributed by atoms with Crippen LogP contribution in [0.5, 0.6) is 0 Å². The summed E-state index contributed by atoms with van der Waals surface area (Å²) in [5.41, 5.74) is -0.396. The highest BCUT2D eigenvalue weighted by Gasteiger charge is 2.34. The summed E-state index contributed by atoms with van der Waals surface area (Å²) in [4.78, 5) is 11.8. The van der Waals surface area contributed by atoms with Gasteiger partial charge in [-0.3, -0.25) is 4.79 Å². The first kappa shape index (κ1) is 15.4. The summed E-state index contributed by atoms with van der Waals surface area (Å²) >= 11 is 0. The number of methoxy groups -OCH3 is 1. The first-order chi connectivity index (χ1) is 8.62. The molecular formula is C13H26N2O3. The Morgan fingerprint density at radius 1 is 1.44 bits per heavy atom. The van der Waals surface area contributed by atoms with Crippen molar-refractivity contribution >= 4 is 5.91 Å². The van der Waals surface area contributed by atoms with Gasteiger partial charge < -0.3 is 20.5 Å². The maximum absolute atomic E-state index is 11.8. The van der Waals surface area contributed by atoms with E-state index in [4.69, 9.17) is 4.74 Å². The molecular weight excluding hydrogens is 232 g/mol. The van der Waals surface area contributed by atoms with E-state index in [1.165, 1.54) is 0 Å². The minimum absolute atomic E-state index is 0.0313. The Labute approximate surface area is 109 Å². The lowest BCUT2D eigenvalue weighted by atomic mass is 9.77. The summed E-state index contributed by atoms with van der Waals surface area (Å²) in [5, 5.41) is 15.5. The van der Waals surface area contributed by atoms with Crippen molar-refractivity contribution in [3.05, 3.63) is 0 Å². The van der Waals surface area contributed by atoms with E-state index < -0.39 is 5.54 Å². The Morgan fingerprint density at radius 2 is 2.11 bits per heavy atom. The van der Waals surface area contributed by atoms with Crippen LogP contribution in [0.4, 0.5) is 0 Å². The van der Waals surface area contributed by atoms with Gasteiger partial charge in [0.2, 0.25) is 5.91 Å². The Morgan fingerprint density at radius 3 is 2.67 bits per heavy atom. The number of carbonyl (C=O) groups is 1. The number of carbonyl (C=O) groups excluding carboxylic acids is 1. The molecule has 0 atom stereocenters. The van der Waals surface area contributed by atoms with Crippen molar-refractivity contribution in [3.63, 3.8) is 0 Å². The second-order valence-electron chi connectivity index (χ2n) is 5.34. The second-order valence-corrected chi connectivity index (χ2v) is 5.34. The van der Waals surface area contributed by atoms with Gasteiger partial charge in [0.15, 0.2) is 0 Å². The molecule has 0 radical (unpaired) electrons. The molecule has 0 saturated heterocycles. The van der Waals surface area contributed by atoms with E-state index in [0.717, 1.165) is 25.7 Å². The Hall–Kier alpha value is -0.650. The van der Waals surface area contributed by atoms with Crippen LogP contribution in [0, 0.1) is 5.92 Å². The molecule has 5 heteroatoms. The lowest BCUT2D eigenvalue weighted by Crippen LogP contribution is -2.55. The normalized spacial score (nSPS) is 28.1. The van der Waals surface area contributed by atoms with Crippen molar-refractivity contribution in [3.8, 4) is 0 Å². The van der Waals surface area contributed by atoms with Crippen molar-refractivity contribution < 1.29 is 14.6 Å². The molecule has 1 saturated carbocycles. The maximum Gasteiger partial charge on any atom is 0.234 e. The van der Waals surface area contributed by atoms with Crippen LogP contribution >= 0.6 is 0 Å². The summed E-state index contributed by atoms with van der Waals surface area (Å²) < 4.78 is 4.89. The Balaban J connectivity index is 2.31. The van der Waals surface area contributed by atoms with E-state index >= 15 is 0 Å². The summed E-state index contributed by atoms with van der Waals surface area (Å²) in [6, 6.07) is 0. The number of hydrogen-bond donors (Lipinski definition) is 3. The van der Waals surface area contributed by atoms with Crippen LogP contribution in [-0.4, -0.2) is 50.0 Å². The zero-order valence-corrected chi connectivity index (χ0v) is 11.5. The van der Waals surface area contributed by atoms with Gasteiger partial charge in [-0.15, -0.1) is 0 Å². The number of amides is 1. The highest BCUT2D eigenvalue weighted by molar-refractivity contribution is 5.78. The molecule has 0 heterocycles. The molecule has 0 spiro atoms. The molecule has 106 valence electrons. The number of rotatable bonds is 7. The van der Waals surface area contributed by atoms with E-state index in [0.29, 0.717) is 19.1 Å². The molecule has 3 N–H and O–H groups in total. The number of ether oxygens (including phenoxy) is 1. The molecule has 1 rings (SSSR count). The van der Waals surface area contributed by atoms with Gasteiger partial charge in [-0.25, -0.2) is 0 Å². The summed E-state index contributed by atoms with van der Waals surface area (Å²) in [5.74, 6) is 0.649. The second kappa shape index (κ2) is 7.71. The molecule has 0 bridgehead atoms. The van der Waals surface area contributed by atoms with Crippen molar-refractivity contribution in [2.75, 3.05) is 33.4 Å². The monoisotopic (exact) mass is 258 g/mol. The van der Waals surface area contributed by atoms with Gasteiger partial charge in [-0.2, -0.15) is 0 Å². The summed E-state index contributed by atoms with van der Waals surface area (Å²) in [6.45, 7) is 3.78. The van der Waals surface area contributed by atoms with Crippen LogP contribution in [-0.2, 0) is 9.53 Å². The lowest BCUT2D eigenvalue weighted by Gasteiger charge is -2.38. The molecule has 18 heavy (non-hydrogen) atoms. The molecule has 1 aliphatic carbocycles. The predicted octanol–water partition coefficient (Wildman–Crippen LogP) is 0.280. The fraction of sp³-hybridized carbons (Fsp3) is 0.923. The third-order valence-electron chi connectivity index (χ3n) is 3.71. The Kier molecular flexibility index (Phi) is 6.60. The molecule has 0 unspecified atom stereocenters. The number of nitrogens with one attached hydrogen (secondary N) is 2. The Bertz CT molecular complexity index is 251. The third-order valence-corrected chi connectivity index (χ3v) is 3.71. The average Bonchev–Trinajstić information content (AvgIpc) is 2.38. The molecule has 0 aromatic carbocycles. The SMILES string of the molecule is COCCNCC(=O)NC1(CO)CCC(C)CC1. The van der Waals surface area contributed by atoms with Crippen molar-refractivity contribution in [2.24, 2.45) is 5.92 Å². The number of aliphatic hydroxyl groups excluding tert-OH is 1. The zero-order chi connectivity index (χ0) is 13.4. The molecule has 0 aromatic heterocycles. The predicted molar refractivity (Wildman–Crippen MR) is 70.3 cm³/mol. The van der Waals surface area contributed by atoms with Gasteiger partial charge in [0.05, 0.1) is 25.3 Å². The highest BCUT2D eigenvalue weighted by Crippen LogP contribution is 2.31. The van der Waals surface area contributed by atoms with Gasteiger partial charge in [-0.05, 0) is 31.6 Å². The summed E-state index contributed by atoms with van der Waals surface area (Å²) in [6.07, 6.45) is 3.87. The van der Waals surface area contributed by atoms with Crippen molar-refractivity contribution in [2.45, 2.75) is 38.1 Å². The summed E-state index contributed by atoms with van der Waals surface area (Å²) in [7, 11) is 1.63. The molecule has 0 aromatic rings. The van der Waals surface area contributed by atoms with Crippen LogP contribution in [0.2, 0.25) is 0 Å². The van der Waals surface area contributed by atoms with E-state index in [-0.39, 0.29) is 19.1 Å². The highest BCUT2D eigenvalue weighted by atomic mass is 16.5. The first-order valence-electron chi connectivity index (χ1n) is 6.73. The average molecular weight is 258 g/mol. The van der Waals surface area contributed by atoms with Crippen LogP contribution in [0.3, 0.4) is 0 Å². The zero-order valence-electron chi connectivity index (χ0n) is 11.5. The molecule has 0 aliphatic heterocycles. The van der Waals surface area contributed by atoms with Crippen molar-refractivity contribution in [1.82, 2.24) is 10.6 Å². The fourth-order valence-corrected chi connectivity index (χ4v) is 2.35. The van der Waals surface area contributed by atoms with Crippen LogP contribution in [0.25, 0.3) is 0 Å².